The Labute approximate surface area is 179 Å². The molecule has 4 aromatic rings. The van der Waals surface area contributed by atoms with Crippen molar-refractivity contribution in [1.82, 2.24) is 14.4 Å². The van der Waals surface area contributed by atoms with E-state index in [0.717, 1.165) is 26.9 Å². The summed E-state index contributed by atoms with van der Waals surface area (Å²) < 4.78 is 15.3. The van der Waals surface area contributed by atoms with E-state index in [1.165, 1.54) is 6.07 Å². The van der Waals surface area contributed by atoms with E-state index in [1.807, 2.05) is 36.5 Å². The Morgan fingerprint density at radius 1 is 1.00 bits per heavy atom. The van der Waals surface area contributed by atoms with Crippen molar-refractivity contribution in [3.8, 4) is 22.4 Å². The molecule has 4 rings (SSSR count). The van der Waals surface area contributed by atoms with E-state index in [-0.39, 0.29) is 17.9 Å². The van der Waals surface area contributed by atoms with Crippen molar-refractivity contribution in [1.29, 1.82) is 0 Å². The zero-order valence-corrected chi connectivity index (χ0v) is 17.9. The maximum absolute atomic E-state index is 13.2. The predicted molar refractivity (Wildman–Crippen MR) is 119 cm³/mol. The molecule has 0 spiro atoms. The summed E-state index contributed by atoms with van der Waals surface area (Å²) in [5.74, 6) is 6.41. The van der Waals surface area contributed by atoms with E-state index in [9.17, 15) is 4.39 Å². The van der Waals surface area contributed by atoms with E-state index in [2.05, 4.69) is 47.3 Å². The second kappa shape index (κ2) is 8.24. The van der Waals surface area contributed by atoms with E-state index in [4.69, 9.17) is 4.98 Å². The minimum atomic E-state index is -0.527. The lowest BCUT2D eigenvalue weighted by atomic mass is 10.1. The van der Waals surface area contributed by atoms with Crippen LogP contribution in [0.2, 0.25) is 0 Å². The molecule has 1 N–H and O–H groups in total. The van der Waals surface area contributed by atoms with Gasteiger partial charge in [0.15, 0.2) is 0 Å². The SMILES string of the molecule is CC(C)(C)Nc1c(-c2ccc(C#Cc3cccc(F)n3)s2)nc2ccccn12.Cl. The Morgan fingerprint density at radius 2 is 1.83 bits per heavy atom. The van der Waals surface area contributed by atoms with E-state index < -0.39 is 5.95 Å². The molecule has 0 aliphatic carbocycles. The van der Waals surface area contributed by atoms with Crippen molar-refractivity contribution in [2.45, 2.75) is 26.3 Å². The molecule has 0 amide bonds. The summed E-state index contributed by atoms with van der Waals surface area (Å²) in [4.78, 5) is 10.5. The fourth-order valence-electron chi connectivity index (χ4n) is 2.78. The third-order valence-corrected chi connectivity index (χ3v) is 4.90. The molecule has 0 aliphatic heterocycles. The first-order valence-electron chi connectivity index (χ1n) is 8.89. The lowest BCUT2D eigenvalue weighted by Gasteiger charge is -2.22. The average Bonchev–Trinajstić information content (AvgIpc) is 3.24. The summed E-state index contributed by atoms with van der Waals surface area (Å²) in [6.45, 7) is 6.36. The van der Waals surface area contributed by atoms with Crippen molar-refractivity contribution in [2.75, 3.05) is 5.32 Å². The molecule has 0 atom stereocenters. The van der Waals surface area contributed by atoms with Gasteiger partial charge in [-0.2, -0.15) is 4.39 Å². The highest BCUT2D eigenvalue weighted by atomic mass is 35.5. The number of aromatic nitrogens is 3. The first-order valence-corrected chi connectivity index (χ1v) is 9.71. The van der Waals surface area contributed by atoms with Crippen LogP contribution in [0.25, 0.3) is 16.2 Å². The topological polar surface area (TPSA) is 42.2 Å². The molecule has 0 unspecified atom stereocenters. The van der Waals surface area contributed by atoms with Crippen LogP contribution >= 0.6 is 23.7 Å². The van der Waals surface area contributed by atoms with Crippen LogP contribution in [0.15, 0.2) is 54.7 Å². The number of hydrogen-bond donors (Lipinski definition) is 1. The van der Waals surface area contributed by atoms with Crippen LogP contribution in [0.5, 0.6) is 0 Å². The predicted octanol–water partition coefficient (Wildman–Crippen LogP) is 5.63. The van der Waals surface area contributed by atoms with Gasteiger partial charge in [0.1, 0.15) is 22.9 Å². The summed E-state index contributed by atoms with van der Waals surface area (Å²) >= 11 is 1.55. The van der Waals surface area contributed by atoms with Crippen molar-refractivity contribution >= 4 is 35.2 Å². The second-order valence-electron chi connectivity index (χ2n) is 7.37. The monoisotopic (exact) mass is 426 g/mol. The van der Waals surface area contributed by atoms with Gasteiger partial charge in [-0.3, -0.25) is 4.40 Å². The number of imidazole rings is 1. The van der Waals surface area contributed by atoms with Gasteiger partial charge in [-0.15, -0.1) is 23.7 Å². The molecule has 4 nitrogen and oxygen atoms in total. The smallest absolute Gasteiger partial charge is 0.214 e. The molecule has 4 heterocycles. The lowest BCUT2D eigenvalue weighted by Crippen LogP contribution is -2.27. The molecule has 4 aromatic heterocycles. The summed E-state index contributed by atoms with van der Waals surface area (Å²) in [6.07, 6.45) is 2.00. The number of rotatable bonds is 2. The highest BCUT2D eigenvalue weighted by Crippen LogP contribution is 2.34. The fourth-order valence-corrected chi connectivity index (χ4v) is 3.63. The fraction of sp³-hybridized carbons (Fsp3) is 0.182. The van der Waals surface area contributed by atoms with Gasteiger partial charge in [-0.05, 0) is 69.0 Å². The van der Waals surface area contributed by atoms with Crippen LogP contribution in [-0.2, 0) is 0 Å². The normalized spacial score (nSPS) is 10.9. The second-order valence-corrected chi connectivity index (χ2v) is 8.46. The molecular formula is C22H20ClFN4S. The minimum Gasteiger partial charge on any atom is -0.365 e. The van der Waals surface area contributed by atoms with E-state index in [0.29, 0.717) is 5.69 Å². The number of fused-ring (bicyclic) bond motifs is 1. The molecule has 7 heteroatoms. The van der Waals surface area contributed by atoms with Gasteiger partial charge in [-0.25, -0.2) is 9.97 Å². The molecule has 148 valence electrons. The highest BCUT2D eigenvalue weighted by molar-refractivity contribution is 7.16. The Kier molecular flexibility index (Phi) is 5.92. The summed E-state index contributed by atoms with van der Waals surface area (Å²) in [7, 11) is 0. The Morgan fingerprint density at radius 3 is 2.59 bits per heavy atom. The third kappa shape index (κ3) is 4.76. The Hall–Kier alpha value is -2.88. The van der Waals surface area contributed by atoms with Crippen molar-refractivity contribution in [3.05, 3.63) is 71.2 Å². The van der Waals surface area contributed by atoms with Crippen molar-refractivity contribution < 1.29 is 4.39 Å². The zero-order valence-electron chi connectivity index (χ0n) is 16.2. The van der Waals surface area contributed by atoms with Gasteiger partial charge in [0.05, 0.1) is 9.75 Å². The zero-order chi connectivity index (χ0) is 19.7. The summed E-state index contributed by atoms with van der Waals surface area (Å²) in [5.41, 5.74) is 2.08. The van der Waals surface area contributed by atoms with Crippen LogP contribution in [0.4, 0.5) is 10.2 Å². The minimum absolute atomic E-state index is 0. The van der Waals surface area contributed by atoms with Gasteiger partial charge in [0.2, 0.25) is 5.95 Å². The largest absolute Gasteiger partial charge is 0.365 e. The number of nitrogens with zero attached hydrogens (tertiary/aromatic N) is 3. The number of nitrogens with one attached hydrogen (secondary N) is 1. The van der Waals surface area contributed by atoms with Crippen LogP contribution in [0.1, 0.15) is 31.3 Å². The molecule has 29 heavy (non-hydrogen) atoms. The van der Waals surface area contributed by atoms with Gasteiger partial charge in [0, 0.05) is 11.7 Å². The van der Waals surface area contributed by atoms with E-state index >= 15 is 0 Å². The van der Waals surface area contributed by atoms with Crippen molar-refractivity contribution in [3.63, 3.8) is 0 Å². The molecule has 0 saturated heterocycles. The average molecular weight is 427 g/mol. The van der Waals surface area contributed by atoms with E-state index in [1.54, 1.807) is 23.5 Å². The standard InChI is InChI=1S/C22H19FN4S.ClH/c1-22(2,3)26-21-20(25-19-9-4-5-14-27(19)21)17-13-12-16(28-17)11-10-15-7-6-8-18(23)24-15;/h4-9,12-14,26H,1-3H3;1H. The number of halogens is 2. The van der Waals surface area contributed by atoms with Crippen LogP contribution in [0.3, 0.4) is 0 Å². The van der Waals surface area contributed by atoms with Gasteiger partial charge >= 0.3 is 0 Å². The number of hydrogen-bond acceptors (Lipinski definition) is 4. The van der Waals surface area contributed by atoms with Gasteiger partial charge < -0.3 is 5.32 Å². The van der Waals surface area contributed by atoms with Gasteiger partial charge in [-0.1, -0.05) is 12.1 Å². The third-order valence-electron chi connectivity index (χ3n) is 3.89. The molecule has 0 saturated carbocycles. The van der Waals surface area contributed by atoms with Crippen LogP contribution in [0, 0.1) is 17.8 Å². The Bertz CT molecular complexity index is 1210. The molecule has 0 fully saturated rings. The maximum Gasteiger partial charge on any atom is 0.214 e. The number of pyridine rings is 2. The molecule has 0 bridgehead atoms. The number of anilines is 1. The summed E-state index contributed by atoms with van der Waals surface area (Å²) in [5, 5.41) is 3.56. The first kappa shape index (κ1) is 20.8. The number of thiophene rings is 1. The van der Waals surface area contributed by atoms with Crippen LogP contribution in [-0.4, -0.2) is 19.9 Å². The maximum atomic E-state index is 13.2. The van der Waals surface area contributed by atoms with Crippen molar-refractivity contribution in [2.24, 2.45) is 0 Å². The molecular weight excluding hydrogens is 407 g/mol. The lowest BCUT2D eigenvalue weighted by molar-refractivity contribution is 0.582. The highest BCUT2D eigenvalue weighted by Gasteiger charge is 2.20. The molecule has 0 aromatic carbocycles. The van der Waals surface area contributed by atoms with Gasteiger partial charge in [0.25, 0.3) is 0 Å². The van der Waals surface area contributed by atoms with Crippen LogP contribution < -0.4 is 5.32 Å². The Balaban J connectivity index is 0.00000240. The summed E-state index contributed by atoms with van der Waals surface area (Å²) in [6, 6.07) is 14.5. The first-order chi connectivity index (χ1) is 13.4. The molecule has 0 aliphatic rings. The molecule has 0 radical (unpaired) electrons. The quantitative estimate of drug-likeness (QED) is 0.333.